The molecule has 0 spiro atoms. The predicted molar refractivity (Wildman–Crippen MR) is 110 cm³/mol. The Hall–Kier alpha value is -1.97. The number of halogens is 1. The molecule has 0 radical (unpaired) electrons. The number of hydrogen-bond acceptors (Lipinski definition) is 5. The molecule has 1 amide bonds. The molecule has 1 unspecified atom stereocenters. The Balaban J connectivity index is 2.07. The Bertz CT molecular complexity index is 751. The second-order valence-electron chi connectivity index (χ2n) is 5.72. The van der Waals surface area contributed by atoms with Crippen molar-refractivity contribution in [1.29, 1.82) is 0 Å². The van der Waals surface area contributed by atoms with Crippen LogP contribution in [0.15, 0.2) is 47.1 Å². The third-order valence-electron chi connectivity index (χ3n) is 3.73. The van der Waals surface area contributed by atoms with Crippen molar-refractivity contribution in [3.05, 3.63) is 47.1 Å². The highest BCUT2D eigenvalue weighted by molar-refractivity contribution is 7.80. The molecule has 7 nitrogen and oxygen atoms in total. The zero-order valence-corrected chi connectivity index (χ0v) is 16.6. The van der Waals surface area contributed by atoms with Crippen LogP contribution in [-0.2, 0) is 14.3 Å². The molecule has 1 aromatic carbocycles. The maximum absolute atomic E-state index is 11.1. The molecule has 27 heavy (non-hydrogen) atoms. The lowest BCUT2D eigenvalue weighted by molar-refractivity contribution is -0.200. The molecule has 1 aromatic rings. The summed E-state index contributed by atoms with van der Waals surface area (Å²) in [6, 6.07) is 7.09. The molecule has 1 aliphatic carbocycles. The second kappa shape index (κ2) is 9.82. The van der Waals surface area contributed by atoms with Crippen molar-refractivity contribution in [3.63, 3.8) is 0 Å². The molecule has 0 aromatic heterocycles. The number of allylic oxidation sites excluding steroid dienone is 2. The van der Waals surface area contributed by atoms with Gasteiger partial charge in [-0.25, -0.2) is 0 Å². The van der Waals surface area contributed by atoms with Gasteiger partial charge in [0.05, 0.1) is 18.9 Å². The number of ether oxygens (including phenoxy) is 2. The topological polar surface area (TPSA) is 91.8 Å². The van der Waals surface area contributed by atoms with Crippen LogP contribution in [0, 0.1) is 0 Å². The van der Waals surface area contributed by atoms with Crippen LogP contribution in [0.2, 0.25) is 0 Å². The molecule has 2 rings (SSSR count). The molecule has 0 fully saturated rings. The summed E-state index contributed by atoms with van der Waals surface area (Å²) in [5.74, 6) is -1.25. The van der Waals surface area contributed by atoms with Crippen LogP contribution in [0.4, 0.5) is 11.4 Å². The van der Waals surface area contributed by atoms with Crippen molar-refractivity contribution in [3.8, 4) is 0 Å². The minimum absolute atomic E-state index is 0.100. The van der Waals surface area contributed by atoms with E-state index in [0.717, 1.165) is 5.69 Å². The summed E-state index contributed by atoms with van der Waals surface area (Å²) >= 11 is 11.5. The van der Waals surface area contributed by atoms with Crippen LogP contribution in [-0.4, -0.2) is 42.2 Å². The van der Waals surface area contributed by atoms with Gasteiger partial charge in [0.1, 0.15) is 0 Å². The Morgan fingerprint density at radius 1 is 1.26 bits per heavy atom. The van der Waals surface area contributed by atoms with Crippen molar-refractivity contribution in [2.24, 2.45) is 0 Å². The number of carbonyl (C=O) groups excluding carboxylic acids is 1. The fourth-order valence-electron chi connectivity index (χ4n) is 2.50. The van der Waals surface area contributed by atoms with Crippen LogP contribution in [0.1, 0.15) is 13.3 Å². The molecule has 0 saturated carbocycles. The van der Waals surface area contributed by atoms with E-state index in [9.17, 15) is 4.79 Å². The van der Waals surface area contributed by atoms with E-state index in [0.29, 0.717) is 27.9 Å². The van der Waals surface area contributed by atoms with Crippen LogP contribution in [0.3, 0.4) is 0 Å². The van der Waals surface area contributed by atoms with Crippen molar-refractivity contribution in [2.45, 2.75) is 19.1 Å². The normalized spacial score (nSPS) is 19.0. The highest BCUT2D eigenvalue weighted by Gasteiger charge is 2.37. The number of aliphatic hydroxyl groups is 1. The second-order valence-corrected chi connectivity index (χ2v) is 6.56. The summed E-state index contributed by atoms with van der Waals surface area (Å²) < 4.78 is 11.3. The lowest BCUT2D eigenvalue weighted by Gasteiger charge is -2.36. The Morgan fingerprint density at radius 3 is 2.44 bits per heavy atom. The minimum Gasteiger partial charge on any atom is -0.394 e. The monoisotopic (exact) mass is 411 g/mol. The average molecular weight is 412 g/mol. The maximum atomic E-state index is 11.1. The number of methoxy groups -OCH3 is 1. The lowest BCUT2D eigenvalue weighted by atomic mass is 10.0. The number of hydrogen-bond donors (Lipinski definition) is 4. The van der Waals surface area contributed by atoms with Crippen molar-refractivity contribution in [2.75, 3.05) is 31.0 Å². The summed E-state index contributed by atoms with van der Waals surface area (Å²) in [7, 11) is 1.51. The van der Waals surface area contributed by atoms with E-state index in [-0.39, 0.29) is 19.1 Å². The number of benzene rings is 1. The van der Waals surface area contributed by atoms with Crippen LogP contribution >= 0.6 is 23.8 Å². The molecule has 0 aliphatic heterocycles. The van der Waals surface area contributed by atoms with Gasteiger partial charge in [0.25, 0.3) is 0 Å². The number of anilines is 2. The van der Waals surface area contributed by atoms with Crippen LogP contribution < -0.4 is 16.0 Å². The van der Waals surface area contributed by atoms with E-state index < -0.39 is 5.79 Å². The van der Waals surface area contributed by atoms with E-state index in [4.69, 9.17) is 38.4 Å². The van der Waals surface area contributed by atoms with E-state index in [1.165, 1.54) is 14.0 Å². The molecular formula is C18H22ClN3O4S. The van der Waals surface area contributed by atoms with Gasteiger partial charge >= 0.3 is 0 Å². The van der Waals surface area contributed by atoms with Crippen LogP contribution in [0.5, 0.6) is 0 Å². The molecule has 0 bridgehead atoms. The summed E-state index contributed by atoms with van der Waals surface area (Å²) in [5.41, 5.74) is 1.95. The van der Waals surface area contributed by atoms with Crippen LogP contribution in [0.25, 0.3) is 0 Å². The molecule has 4 N–H and O–H groups in total. The number of carbonyl (C=O) groups is 1. The molecular weight excluding hydrogens is 390 g/mol. The number of aliphatic hydroxyl groups excluding tert-OH is 1. The highest BCUT2D eigenvalue weighted by Crippen LogP contribution is 2.32. The Labute approximate surface area is 168 Å². The molecule has 9 heteroatoms. The Morgan fingerprint density at radius 2 is 1.89 bits per heavy atom. The Kier molecular flexibility index (Phi) is 7.76. The van der Waals surface area contributed by atoms with Gasteiger partial charge in [-0.05, 0) is 42.6 Å². The number of thiocarbonyl (C=S) groups is 1. The van der Waals surface area contributed by atoms with Gasteiger partial charge in [-0.15, -0.1) is 0 Å². The van der Waals surface area contributed by atoms with Gasteiger partial charge in [0.2, 0.25) is 11.7 Å². The number of nitrogens with one attached hydrogen (secondary N) is 3. The molecule has 0 heterocycles. The molecule has 1 aliphatic rings. The molecule has 1 atom stereocenters. The SMILES string of the molecule is COC1(OCCO)CC=C(Cl)C=C1NC(=S)Nc1ccc(NC(C)=O)cc1. The lowest BCUT2D eigenvalue weighted by Crippen LogP contribution is -2.46. The van der Waals surface area contributed by atoms with Gasteiger partial charge in [0.15, 0.2) is 5.11 Å². The highest BCUT2D eigenvalue weighted by atomic mass is 35.5. The van der Waals surface area contributed by atoms with E-state index in [2.05, 4.69) is 16.0 Å². The third kappa shape index (κ3) is 6.02. The van der Waals surface area contributed by atoms with E-state index in [1.54, 1.807) is 36.4 Å². The minimum atomic E-state index is -1.11. The van der Waals surface area contributed by atoms with E-state index >= 15 is 0 Å². The predicted octanol–water partition coefficient (Wildman–Crippen LogP) is 2.69. The standard InChI is InChI=1S/C18H22ClN3O4S/c1-12(24)20-14-3-5-15(6-4-14)21-17(27)22-16-11-13(19)7-8-18(16,25-2)26-10-9-23/h3-7,11,23H,8-10H2,1-2H3,(H,20,24)(H2,21,22,27). The average Bonchev–Trinajstić information content (AvgIpc) is 2.63. The van der Waals surface area contributed by atoms with Crippen molar-refractivity contribution >= 4 is 46.2 Å². The molecule has 146 valence electrons. The van der Waals surface area contributed by atoms with Gasteiger partial charge in [0, 0.05) is 36.9 Å². The summed E-state index contributed by atoms with van der Waals surface area (Å²) in [6.45, 7) is 1.41. The maximum Gasteiger partial charge on any atom is 0.221 e. The first-order valence-electron chi connectivity index (χ1n) is 8.22. The van der Waals surface area contributed by atoms with Gasteiger partial charge in [-0.1, -0.05) is 17.7 Å². The first-order chi connectivity index (χ1) is 12.9. The number of amides is 1. The third-order valence-corrected chi connectivity index (χ3v) is 4.19. The first kappa shape index (κ1) is 21.3. The first-order valence-corrected chi connectivity index (χ1v) is 9.00. The quantitative estimate of drug-likeness (QED) is 0.405. The summed E-state index contributed by atoms with van der Waals surface area (Å²) in [5, 5.41) is 18.7. The van der Waals surface area contributed by atoms with Gasteiger partial charge in [-0.2, -0.15) is 0 Å². The molecule has 0 saturated heterocycles. The van der Waals surface area contributed by atoms with E-state index in [1.807, 2.05) is 0 Å². The zero-order chi connectivity index (χ0) is 19.9. The zero-order valence-electron chi connectivity index (χ0n) is 15.0. The fourth-order valence-corrected chi connectivity index (χ4v) is 2.92. The van der Waals surface area contributed by atoms with Gasteiger partial charge < -0.3 is 30.5 Å². The summed E-state index contributed by atoms with van der Waals surface area (Å²) in [4.78, 5) is 11.1. The number of rotatable bonds is 7. The largest absolute Gasteiger partial charge is 0.394 e. The fraction of sp³-hybridized carbons (Fsp3) is 0.333. The van der Waals surface area contributed by atoms with Crippen molar-refractivity contribution in [1.82, 2.24) is 5.32 Å². The smallest absolute Gasteiger partial charge is 0.221 e. The van der Waals surface area contributed by atoms with Crippen molar-refractivity contribution < 1.29 is 19.4 Å². The summed E-state index contributed by atoms with van der Waals surface area (Å²) in [6.07, 6.45) is 3.81. The van der Waals surface area contributed by atoms with Gasteiger partial charge in [-0.3, -0.25) is 4.79 Å².